The zero-order valence-electron chi connectivity index (χ0n) is 18.2. The van der Waals surface area contributed by atoms with Gasteiger partial charge in [-0.1, -0.05) is 12.1 Å². The molecule has 0 spiro atoms. The number of carbonyl (C=O) groups excluding carboxylic acids is 1. The molecule has 0 aliphatic heterocycles. The van der Waals surface area contributed by atoms with Gasteiger partial charge in [-0.15, -0.1) is 0 Å². The van der Waals surface area contributed by atoms with Gasteiger partial charge in [0.05, 0.1) is 23.1 Å². The number of aryl methyl sites for hydroxylation is 1. The van der Waals surface area contributed by atoms with Crippen LogP contribution in [0.4, 0.5) is 28.6 Å². The molecule has 4 rings (SSSR count). The lowest BCUT2D eigenvalue weighted by Gasteiger charge is -2.13. The summed E-state index contributed by atoms with van der Waals surface area (Å²) in [7, 11) is 1.65. The van der Waals surface area contributed by atoms with E-state index in [9.17, 15) is 9.59 Å². The van der Waals surface area contributed by atoms with Crippen LogP contribution >= 0.6 is 0 Å². The number of hydrogen-bond donors (Lipinski definition) is 4. The summed E-state index contributed by atoms with van der Waals surface area (Å²) in [4.78, 5) is 33.7. The fourth-order valence-corrected chi connectivity index (χ4v) is 3.37. The largest absolute Gasteiger partial charge is 0.398 e. The Morgan fingerprint density at radius 3 is 2.58 bits per heavy atom. The molecule has 2 heterocycles. The van der Waals surface area contributed by atoms with Crippen LogP contribution in [0.15, 0.2) is 71.9 Å². The van der Waals surface area contributed by atoms with Gasteiger partial charge in [-0.3, -0.25) is 14.6 Å². The zero-order valence-corrected chi connectivity index (χ0v) is 18.2. The molecular formula is C24H23N7O2. The molecular weight excluding hydrogens is 418 g/mol. The molecule has 9 heteroatoms. The normalized spacial score (nSPS) is 10.6. The van der Waals surface area contributed by atoms with Crippen LogP contribution in [-0.2, 0) is 7.05 Å². The molecule has 1 amide bonds. The Kier molecular flexibility index (Phi) is 5.77. The molecule has 9 nitrogen and oxygen atoms in total. The standard InChI is InChI=1S/C24H23N7O2/c1-14-17(6-3-7-19(14)25)21-13-31(2)24(33)22(30-21)28-15-8-9-18(20(26)11-15)23(32)29-16-5-4-10-27-12-16/h3-13H,25-26H2,1-2H3,(H,28,30)(H,29,32). The molecule has 33 heavy (non-hydrogen) atoms. The molecule has 0 bridgehead atoms. The number of hydrogen-bond acceptors (Lipinski definition) is 7. The Morgan fingerprint density at radius 2 is 1.85 bits per heavy atom. The zero-order chi connectivity index (χ0) is 23.5. The molecule has 0 aliphatic rings. The van der Waals surface area contributed by atoms with E-state index in [0.29, 0.717) is 28.3 Å². The molecule has 2 aromatic heterocycles. The number of carbonyl (C=O) groups is 1. The van der Waals surface area contributed by atoms with E-state index < -0.39 is 0 Å². The smallest absolute Gasteiger partial charge is 0.293 e. The predicted octanol–water partition coefficient (Wildman–Crippen LogP) is 3.31. The van der Waals surface area contributed by atoms with E-state index in [1.54, 1.807) is 56.0 Å². The fourth-order valence-electron chi connectivity index (χ4n) is 3.37. The summed E-state index contributed by atoms with van der Waals surface area (Å²) in [6.07, 6.45) is 4.82. The number of anilines is 5. The Morgan fingerprint density at radius 1 is 1.03 bits per heavy atom. The Labute approximate surface area is 190 Å². The van der Waals surface area contributed by atoms with Crippen LogP contribution in [0.25, 0.3) is 11.3 Å². The van der Waals surface area contributed by atoms with E-state index in [4.69, 9.17) is 11.5 Å². The minimum absolute atomic E-state index is 0.129. The van der Waals surface area contributed by atoms with Gasteiger partial charge in [0.15, 0.2) is 5.82 Å². The number of pyridine rings is 1. The Hall–Kier alpha value is -4.66. The first-order valence-corrected chi connectivity index (χ1v) is 10.1. The molecule has 166 valence electrons. The van der Waals surface area contributed by atoms with Crippen LogP contribution in [0, 0.1) is 6.92 Å². The van der Waals surface area contributed by atoms with E-state index in [2.05, 4.69) is 20.6 Å². The highest BCUT2D eigenvalue weighted by Crippen LogP contribution is 2.26. The summed E-state index contributed by atoms with van der Waals surface area (Å²) in [5, 5.41) is 5.76. The summed E-state index contributed by atoms with van der Waals surface area (Å²) in [5.74, 6) is -0.232. The molecule has 0 saturated carbocycles. The van der Waals surface area contributed by atoms with Crippen LogP contribution < -0.4 is 27.7 Å². The average Bonchev–Trinajstić information content (AvgIpc) is 2.79. The average molecular weight is 441 g/mol. The van der Waals surface area contributed by atoms with Crippen LogP contribution in [0.3, 0.4) is 0 Å². The molecule has 4 aromatic rings. The summed E-state index contributed by atoms with van der Waals surface area (Å²) in [5.41, 5.74) is 16.4. The lowest BCUT2D eigenvalue weighted by atomic mass is 10.0. The van der Waals surface area contributed by atoms with Crippen molar-refractivity contribution in [3.05, 3.63) is 88.6 Å². The van der Waals surface area contributed by atoms with Crippen LogP contribution in [-0.4, -0.2) is 20.4 Å². The molecule has 0 radical (unpaired) electrons. The second-order valence-corrected chi connectivity index (χ2v) is 7.53. The lowest BCUT2D eigenvalue weighted by Crippen LogP contribution is -2.21. The van der Waals surface area contributed by atoms with Gasteiger partial charge in [-0.05, 0) is 48.9 Å². The van der Waals surface area contributed by atoms with Crippen LogP contribution in [0.5, 0.6) is 0 Å². The number of benzene rings is 2. The van der Waals surface area contributed by atoms with E-state index in [1.807, 2.05) is 25.1 Å². The molecule has 6 N–H and O–H groups in total. The highest BCUT2D eigenvalue weighted by Gasteiger charge is 2.14. The van der Waals surface area contributed by atoms with Crippen molar-refractivity contribution in [2.75, 3.05) is 22.1 Å². The van der Waals surface area contributed by atoms with Crippen molar-refractivity contribution in [3.63, 3.8) is 0 Å². The quantitative estimate of drug-likeness (QED) is 0.348. The summed E-state index contributed by atoms with van der Waals surface area (Å²) in [6, 6.07) is 13.8. The second-order valence-electron chi connectivity index (χ2n) is 7.53. The molecule has 0 saturated heterocycles. The van der Waals surface area contributed by atoms with Gasteiger partial charge in [0.25, 0.3) is 11.5 Å². The molecule has 2 aromatic carbocycles. The third-order valence-electron chi connectivity index (χ3n) is 5.20. The van der Waals surface area contributed by atoms with Crippen molar-refractivity contribution >= 4 is 34.5 Å². The number of nitrogen functional groups attached to an aromatic ring is 2. The lowest BCUT2D eigenvalue weighted by molar-refractivity contribution is 0.102. The highest BCUT2D eigenvalue weighted by molar-refractivity contribution is 6.08. The van der Waals surface area contributed by atoms with Crippen LogP contribution in [0.2, 0.25) is 0 Å². The van der Waals surface area contributed by atoms with Crippen molar-refractivity contribution in [2.24, 2.45) is 7.05 Å². The SMILES string of the molecule is Cc1c(N)cccc1-c1cn(C)c(=O)c(Nc2ccc(C(=O)Nc3cccnc3)c(N)c2)n1. The Bertz CT molecular complexity index is 1400. The minimum Gasteiger partial charge on any atom is -0.398 e. The first-order valence-electron chi connectivity index (χ1n) is 10.1. The highest BCUT2D eigenvalue weighted by atomic mass is 16.1. The van der Waals surface area contributed by atoms with E-state index in [1.165, 1.54) is 4.57 Å². The number of nitrogens with two attached hydrogens (primary N) is 2. The molecule has 0 fully saturated rings. The second kappa shape index (κ2) is 8.83. The first-order chi connectivity index (χ1) is 15.8. The van der Waals surface area contributed by atoms with Gasteiger partial charge >= 0.3 is 0 Å². The number of nitrogens with zero attached hydrogens (tertiary/aromatic N) is 3. The molecule has 0 atom stereocenters. The molecule has 0 unspecified atom stereocenters. The van der Waals surface area contributed by atoms with Crippen LogP contribution in [0.1, 0.15) is 15.9 Å². The number of nitrogens with one attached hydrogen (secondary N) is 2. The summed E-state index contributed by atoms with van der Waals surface area (Å²) < 4.78 is 1.45. The van der Waals surface area contributed by atoms with Gasteiger partial charge in [-0.2, -0.15) is 0 Å². The van der Waals surface area contributed by atoms with Crippen molar-refractivity contribution < 1.29 is 4.79 Å². The first kappa shape index (κ1) is 21.6. The van der Waals surface area contributed by atoms with Gasteiger partial charge in [-0.25, -0.2) is 4.98 Å². The van der Waals surface area contributed by atoms with Crippen molar-refractivity contribution in [2.45, 2.75) is 6.92 Å². The van der Waals surface area contributed by atoms with Gasteiger partial charge in [0.2, 0.25) is 0 Å². The fraction of sp³-hybridized carbons (Fsp3) is 0.0833. The third-order valence-corrected chi connectivity index (χ3v) is 5.20. The number of aromatic nitrogens is 3. The topological polar surface area (TPSA) is 141 Å². The number of amides is 1. The summed E-state index contributed by atoms with van der Waals surface area (Å²) >= 11 is 0. The maximum Gasteiger partial charge on any atom is 0.293 e. The predicted molar refractivity (Wildman–Crippen MR) is 130 cm³/mol. The van der Waals surface area contributed by atoms with Gasteiger partial charge in [0.1, 0.15) is 0 Å². The van der Waals surface area contributed by atoms with E-state index in [0.717, 1.165) is 11.1 Å². The number of rotatable bonds is 5. The van der Waals surface area contributed by atoms with Crippen molar-refractivity contribution in [1.82, 2.24) is 14.5 Å². The maximum absolute atomic E-state index is 12.7. The monoisotopic (exact) mass is 441 g/mol. The van der Waals surface area contributed by atoms with E-state index in [-0.39, 0.29) is 23.0 Å². The Balaban J connectivity index is 1.62. The maximum atomic E-state index is 12.7. The van der Waals surface area contributed by atoms with E-state index >= 15 is 0 Å². The third kappa shape index (κ3) is 4.52. The van der Waals surface area contributed by atoms with Crippen molar-refractivity contribution in [3.8, 4) is 11.3 Å². The minimum atomic E-state index is -0.361. The van der Waals surface area contributed by atoms with Gasteiger partial charge < -0.3 is 26.7 Å². The molecule has 0 aliphatic carbocycles. The van der Waals surface area contributed by atoms with Gasteiger partial charge in [0, 0.05) is 42.1 Å². The van der Waals surface area contributed by atoms with Crippen molar-refractivity contribution in [1.29, 1.82) is 0 Å². The summed E-state index contributed by atoms with van der Waals surface area (Å²) in [6.45, 7) is 1.90.